The normalized spacial score (nSPS) is 15.0. The highest BCUT2D eigenvalue weighted by Gasteiger charge is 2.29. The Balaban J connectivity index is 1.70. The summed E-state index contributed by atoms with van der Waals surface area (Å²) in [5.41, 5.74) is 2.85. The van der Waals surface area contributed by atoms with E-state index in [1.807, 2.05) is 24.4 Å². The summed E-state index contributed by atoms with van der Waals surface area (Å²) in [6.45, 7) is 0. The zero-order valence-corrected chi connectivity index (χ0v) is 11.2. The largest absolute Gasteiger partial charge is 0.353 e. The number of H-pyrrole nitrogens is 1. The van der Waals surface area contributed by atoms with Gasteiger partial charge in [0.25, 0.3) is 5.89 Å². The molecule has 102 valence electrons. The highest BCUT2D eigenvalue weighted by atomic mass is 16.5. The summed E-state index contributed by atoms with van der Waals surface area (Å²) in [6.07, 6.45) is 4.15. The fourth-order valence-electron chi connectivity index (χ4n) is 2.71. The minimum atomic E-state index is 0.485. The van der Waals surface area contributed by atoms with Crippen LogP contribution in [0.15, 0.2) is 41.1 Å². The summed E-state index contributed by atoms with van der Waals surface area (Å²) in [5.74, 6) is 1.80. The molecule has 0 bridgehead atoms. The van der Waals surface area contributed by atoms with E-state index in [4.69, 9.17) is 4.52 Å². The number of rotatable bonds is 2. The van der Waals surface area contributed by atoms with Gasteiger partial charge < -0.3 is 9.51 Å². The average Bonchev–Trinajstić information content (AvgIpc) is 3.13. The first kappa shape index (κ1) is 11.0. The number of fused-ring (bicyclic) bond motifs is 3. The number of para-hydroxylation sites is 1. The van der Waals surface area contributed by atoms with Gasteiger partial charge >= 0.3 is 0 Å². The summed E-state index contributed by atoms with van der Waals surface area (Å²) in [6, 6.07) is 10.2. The summed E-state index contributed by atoms with van der Waals surface area (Å²) < 4.78 is 5.36. The molecule has 3 heterocycles. The van der Waals surface area contributed by atoms with Crippen LogP contribution in [0.25, 0.3) is 33.4 Å². The van der Waals surface area contributed by atoms with Crippen LogP contribution in [0.1, 0.15) is 24.6 Å². The zero-order chi connectivity index (χ0) is 13.8. The molecule has 5 rings (SSSR count). The Morgan fingerprint density at radius 2 is 2.00 bits per heavy atom. The lowest BCUT2D eigenvalue weighted by atomic mass is 10.1. The average molecular weight is 276 g/mol. The van der Waals surface area contributed by atoms with Gasteiger partial charge in [-0.15, -0.1) is 0 Å². The van der Waals surface area contributed by atoms with Crippen molar-refractivity contribution in [2.24, 2.45) is 0 Å². The fourth-order valence-corrected chi connectivity index (χ4v) is 2.71. The van der Waals surface area contributed by atoms with Gasteiger partial charge in [-0.3, -0.25) is 0 Å². The van der Waals surface area contributed by atoms with Crippen LogP contribution in [0.2, 0.25) is 0 Å². The van der Waals surface area contributed by atoms with Gasteiger partial charge in [-0.2, -0.15) is 4.98 Å². The van der Waals surface area contributed by atoms with Gasteiger partial charge in [0, 0.05) is 22.2 Å². The van der Waals surface area contributed by atoms with E-state index in [-0.39, 0.29) is 0 Å². The lowest BCUT2D eigenvalue weighted by Gasteiger charge is -1.94. The van der Waals surface area contributed by atoms with Crippen molar-refractivity contribution < 1.29 is 4.52 Å². The molecular weight excluding hydrogens is 264 g/mol. The monoisotopic (exact) mass is 276 g/mol. The van der Waals surface area contributed by atoms with Crippen LogP contribution in [0, 0.1) is 0 Å². The van der Waals surface area contributed by atoms with Crippen LogP contribution >= 0.6 is 0 Å². The van der Waals surface area contributed by atoms with Crippen LogP contribution < -0.4 is 0 Å². The number of pyridine rings is 1. The molecule has 0 atom stereocenters. The van der Waals surface area contributed by atoms with E-state index < -0.39 is 0 Å². The SMILES string of the molecule is c1ccc2c(c1)[nH]c1cnc(-c3nc(C4CC4)no3)cc12. The number of hydrogen-bond donors (Lipinski definition) is 1. The molecule has 5 heteroatoms. The Morgan fingerprint density at radius 3 is 2.90 bits per heavy atom. The number of aromatic nitrogens is 4. The lowest BCUT2D eigenvalue weighted by molar-refractivity contribution is 0.421. The summed E-state index contributed by atoms with van der Waals surface area (Å²) in [5, 5.41) is 6.36. The number of hydrogen-bond acceptors (Lipinski definition) is 4. The Kier molecular flexibility index (Phi) is 2.05. The van der Waals surface area contributed by atoms with Gasteiger partial charge in [0.1, 0.15) is 5.69 Å². The molecule has 5 nitrogen and oxygen atoms in total. The predicted molar refractivity (Wildman–Crippen MR) is 78.9 cm³/mol. The standard InChI is InChI=1S/C16H12N4O/c1-2-4-12-10(3-1)11-7-13(17-8-14(11)18-12)16-19-15(20-21-16)9-5-6-9/h1-4,7-9,18H,5-6H2. The minimum Gasteiger partial charge on any atom is -0.353 e. The van der Waals surface area contributed by atoms with Crippen molar-refractivity contribution in [3.05, 3.63) is 42.4 Å². The molecule has 1 aromatic carbocycles. The van der Waals surface area contributed by atoms with E-state index in [2.05, 4.69) is 32.2 Å². The van der Waals surface area contributed by atoms with Crippen molar-refractivity contribution in [1.29, 1.82) is 0 Å². The van der Waals surface area contributed by atoms with Crippen LogP contribution in [0.3, 0.4) is 0 Å². The lowest BCUT2D eigenvalue weighted by Crippen LogP contribution is -1.85. The Morgan fingerprint density at radius 1 is 1.10 bits per heavy atom. The first-order valence-electron chi connectivity index (χ1n) is 7.09. The molecule has 21 heavy (non-hydrogen) atoms. The van der Waals surface area contributed by atoms with Gasteiger partial charge in [-0.05, 0) is 25.0 Å². The van der Waals surface area contributed by atoms with Crippen molar-refractivity contribution >= 4 is 21.8 Å². The molecule has 0 spiro atoms. The van der Waals surface area contributed by atoms with E-state index in [9.17, 15) is 0 Å². The van der Waals surface area contributed by atoms with E-state index in [0.29, 0.717) is 11.8 Å². The smallest absolute Gasteiger partial charge is 0.276 e. The molecule has 3 aromatic heterocycles. The van der Waals surface area contributed by atoms with Gasteiger partial charge in [0.15, 0.2) is 5.82 Å². The molecular formula is C16H12N4O. The Hall–Kier alpha value is -2.69. The highest BCUT2D eigenvalue weighted by molar-refractivity contribution is 6.07. The topological polar surface area (TPSA) is 67.6 Å². The molecule has 1 aliphatic carbocycles. The molecule has 0 amide bonds. The van der Waals surface area contributed by atoms with Gasteiger partial charge in [-0.1, -0.05) is 23.4 Å². The van der Waals surface area contributed by atoms with Crippen molar-refractivity contribution in [3.63, 3.8) is 0 Å². The van der Waals surface area contributed by atoms with E-state index in [0.717, 1.165) is 40.8 Å². The van der Waals surface area contributed by atoms with Crippen molar-refractivity contribution in [2.45, 2.75) is 18.8 Å². The van der Waals surface area contributed by atoms with Crippen molar-refractivity contribution in [2.75, 3.05) is 0 Å². The molecule has 0 radical (unpaired) electrons. The fraction of sp³-hybridized carbons (Fsp3) is 0.188. The Bertz CT molecular complexity index is 965. The van der Waals surface area contributed by atoms with Crippen LogP contribution in [0.4, 0.5) is 0 Å². The molecule has 0 aliphatic heterocycles. The molecule has 0 unspecified atom stereocenters. The second kappa shape index (κ2) is 3.91. The highest BCUT2D eigenvalue weighted by Crippen LogP contribution is 2.39. The van der Waals surface area contributed by atoms with Crippen LogP contribution in [-0.2, 0) is 0 Å². The van der Waals surface area contributed by atoms with Crippen LogP contribution in [0.5, 0.6) is 0 Å². The van der Waals surface area contributed by atoms with Crippen LogP contribution in [-0.4, -0.2) is 20.1 Å². The van der Waals surface area contributed by atoms with E-state index in [1.165, 1.54) is 5.39 Å². The minimum absolute atomic E-state index is 0.485. The van der Waals surface area contributed by atoms with E-state index in [1.54, 1.807) is 0 Å². The maximum atomic E-state index is 5.36. The third kappa shape index (κ3) is 1.67. The summed E-state index contributed by atoms with van der Waals surface area (Å²) >= 11 is 0. The first-order valence-corrected chi connectivity index (χ1v) is 7.09. The number of aromatic amines is 1. The number of benzene rings is 1. The van der Waals surface area contributed by atoms with Crippen molar-refractivity contribution in [1.82, 2.24) is 20.1 Å². The molecule has 1 N–H and O–H groups in total. The van der Waals surface area contributed by atoms with Crippen molar-refractivity contribution in [3.8, 4) is 11.6 Å². The Labute approximate surface area is 120 Å². The molecule has 4 aromatic rings. The third-order valence-corrected chi connectivity index (χ3v) is 3.99. The molecule has 1 fully saturated rings. The second-order valence-electron chi connectivity index (χ2n) is 5.52. The quantitative estimate of drug-likeness (QED) is 0.607. The second-order valence-corrected chi connectivity index (χ2v) is 5.52. The maximum Gasteiger partial charge on any atom is 0.276 e. The molecule has 1 aliphatic rings. The summed E-state index contributed by atoms with van der Waals surface area (Å²) in [4.78, 5) is 12.3. The van der Waals surface area contributed by atoms with Gasteiger partial charge in [0.05, 0.1) is 11.7 Å². The zero-order valence-electron chi connectivity index (χ0n) is 11.2. The molecule has 0 saturated heterocycles. The van der Waals surface area contributed by atoms with Gasteiger partial charge in [0.2, 0.25) is 0 Å². The third-order valence-electron chi connectivity index (χ3n) is 3.99. The number of nitrogens with zero attached hydrogens (tertiary/aromatic N) is 3. The van der Waals surface area contributed by atoms with E-state index >= 15 is 0 Å². The predicted octanol–water partition coefficient (Wildman–Crippen LogP) is 3.64. The summed E-state index contributed by atoms with van der Waals surface area (Å²) in [7, 11) is 0. The number of nitrogens with one attached hydrogen (secondary N) is 1. The van der Waals surface area contributed by atoms with Gasteiger partial charge in [-0.25, -0.2) is 4.98 Å². The molecule has 1 saturated carbocycles. The maximum absolute atomic E-state index is 5.36. The first-order chi connectivity index (χ1) is 10.4.